The number of hydrogen-bond donors (Lipinski definition) is 3. The molecule has 11 heteroatoms. The number of ether oxygens (including phenoxy) is 1. The highest BCUT2D eigenvalue weighted by Crippen LogP contribution is 2.31. The van der Waals surface area contributed by atoms with Crippen molar-refractivity contribution in [1.29, 1.82) is 0 Å². The van der Waals surface area contributed by atoms with Crippen molar-refractivity contribution in [2.75, 3.05) is 29.3 Å². The van der Waals surface area contributed by atoms with E-state index < -0.39 is 16.2 Å². The maximum atomic E-state index is 11.7. The molecule has 0 aliphatic carbocycles. The van der Waals surface area contributed by atoms with Gasteiger partial charge < -0.3 is 20.5 Å². The summed E-state index contributed by atoms with van der Waals surface area (Å²) in [6.07, 6.45) is 1.86. The zero-order valence-corrected chi connectivity index (χ0v) is 16.8. The average Bonchev–Trinajstić information content (AvgIpc) is 2.71. The predicted molar refractivity (Wildman–Crippen MR) is 111 cm³/mol. The van der Waals surface area contributed by atoms with Crippen molar-refractivity contribution in [2.24, 2.45) is 16.0 Å². The standard InChI is InChI=1S/C19H21N5O5S/c20-18-17-13(22-30(27,28)23-18)5-1-7-15(17)29-11-12-4-3-9-24(10-12)16-8-2-6-14(21-16)19(25)26/h1-2,5-8,12,22H,3-4,9-11H2,(H2,20,23)(H,25,26)/t12-/m0/s1. The van der Waals surface area contributed by atoms with Crippen LogP contribution in [0.3, 0.4) is 0 Å². The van der Waals surface area contributed by atoms with Gasteiger partial charge >= 0.3 is 16.2 Å². The Balaban J connectivity index is 1.47. The summed E-state index contributed by atoms with van der Waals surface area (Å²) in [7, 11) is -3.84. The average molecular weight is 431 g/mol. The molecule has 0 saturated carbocycles. The van der Waals surface area contributed by atoms with Crippen LogP contribution < -0.4 is 20.1 Å². The van der Waals surface area contributed by atoms with Gasteiger partial charge in [0.05, 0.1) is 17.9 Å². The van der Waals surface area contributed by atoms with Crippen LogP contribution in [0.1, 0.15) is 28.9 Å². The number of carbonyl (C=O) groups is 1. The van der Waals surface area contributed by atoms with Gasteiger partial charge in [0.1, 0.15) is 11.6 Å². The first-order valence-electron chi connectivity index (χ1n) is 9.42. The molecule has 3 heterocycles. The second-order valence-corrected chi connectivity index (χ2v) is 8.52. The number of carboxylic acids is 1. The van der Waals surface area contributed by atoms with E-state index in [0.29, 0.717) is 36.0 Å². The molecule has 0 unspecified atom stereocenters. The van der Waals surface area contributed by atoms with Crippen LogP contribution in [-0.4, -0.2) is 50.0 Å². The molecule has 1 saturated heterocycles. The molecule has 0 spiro atoms. The third kappa shape index (κ3) is 4.15. The number of rotatable bonds is 5. The minimum atomic E-state index is -3.84. The summed E-state index contributed by atoms with van der Waals surface area (Å²) in [5.41, 5.74) is 6.63. The third-order valence-corrected chi connectivity index (χ3v) is 5.93. The van der Waals surface area contributed by atoms with Gasteiger partial charge in [-0.2, -0.15) is 8.42 Å². The summed E-state index contributed by atoms with van der Waals surface area (Å²) in [6, 6.07) is 9.96. The number of hydrogen-bond acceptors (Lipinski definition) is 7. The Morgan fingerprint density at radius 3 is 2.90 bits per heavy atom. The number of benzene rings is 1. The van der Waals surface area contributed by atoms with E-state index in [4.69, 9.17) is 15.6 Å². The van der Waals surface area contributed by atoms with Crippen molar-refractivity contribution >= 4 is 33.5 Å². The summed E-state index contributed by atoms with van der Waals surface area (Å²) in [4.78, 5) is 17.4. The van der Waals surface area contributed by atoms with Crippen LogP contribution in [0.4, 0.5) is 11.5 Å². The van der Waals surface area contributed by atoms with Gasteiger partial charge in [-0.1, -0.05) is 12.1 Å². The largest absolute Gasteiger partial charge is 0.492 e. The Bertz CT molecular complexity index is 1120. The van der Waals surface area contributed by atoms with E-state index in [1.165, 1.54) is 6.07 Å². The molecule has 4 N–H and O–H groups in total. The normalized spacial score (nSPS) is 19.9. The second kappa shape index (κ2) is 7.82. The molecule has 30 heavy (non-hydrogen) atoms. The van der Waals surface area contributed by atoms with Crippen molar-refractivity contribution < 1.29 is 23.1 Å². The van der Waals surface area contributed by atoms with Crippen LogP contribution in [-0.2, 0) is 10.2 Å². The van der Waals surface area contributed by atoms with Gasteiger partial charge in [-0.05, 0) is 37.1 Å². The molecule has 1 aromatic carbocycles. The molecule has 2 aliphatic rings. The first-order chi connectivity index (χ1) is 14.3. The molecule has 0 amide bonds. The highest BCUT2D eigenvalue weighted by molar-refractivity contribution is 7.91. The minimum Gasteiger partial charge on any atom is -0.492 e. The quantitative estimate of drug-likeness (QED) is 0.644. The van der Waals surface area contributed by atoms with Crippen molar-refractivity contribution in [1.82, 2.24) is 4.98 Å². The molecule has 4 rings (SSSR count). The lowest BCUT2D eigenvalue weighted by atomic mass is 9.99. The van der Waals surface area contributed by atoms with Crippen molar-refractivity contribution in [2.45, 2.75) is 12.8 Å². The van der Waals surface area contributed by atoms with E-state index in [-0.39, 0.29) is 17.4 Å². The van der Waals surface area contributed by atoms with Crippen LogP contribution in [0.2, 0.25) is 0 Å². The van der Waals surface area contributed by atoms with E-state index in [2.05, 4.69) is 14.1 Å². The predicted octanol–water partition coefficient (Wildman–Crippen LogP) is 1.45. The van der Waals surface area contributed by atoms with Crippen LogP contribution in [0.25, 0.3) is 0 Å². The van der Waals surface area contributed by atoms with Gasteiger partial charge in [0, 0.05) is 19.0 Å². The smallest absolute Gasteiger partial charge is 0.354 e. The second-order valence-electron chi connectivity index (χ2n) is 7.18. The highest BCUT2D eigenvalue weighted by Gasteiger charge is 2.26. The summed E-state index contributed by atoms with van der Waals surface area (Å²) < 4.78 is 35.3. The number of carboxylic acid groups (broad SMARTS) is 1. The maximum absolute atomic E-state index is 11.7. The number of aromatic carboxylic acids is 1. The number of anilines is 2. The SMILES string of the molecule is NC1=NS(=O)(=O)Nc2cccc(OC[C@H]3CCCN(c4cccc(C(=O)O)n4)C3)c21. The topological polar surface area (TPSA) is 147 Å². The van der Waals surface area contributed by atoms with E-state index in [1.54, 1.807) is 30.3 Å². The Morgan fingerprint density at radius 1 is 1.30 bits per heavy atom. The fraction of sp³-hybridized carbons (Fsp3) is 0.316. The van der Waals surface area contributed by atoms with Crippen LogP contribution in [0, 0.1) is 5.92 Å². The zero-order valence-electron chi connectivity index (χ0n) is 16.0. The molecule has 1 fully saturated rings. The first kappa shape index (κ1) is 20.0. The van der Waals surface area contributed by atoms with Crippen molar-refractivity contribution in [3.63, 3.8) is 0 Å². The molecule has 1 aromatic heterocycles. The van der Waals surface area contributed by atoms with Gasteiger partial charge in [-0.3, -0.25) is 4.72 Å². The molecular formula is C19H21N5O5S. The number of aromatic nitrogens is 1. The summed E-state index contributed by atoms with van der Waals surface area (Å²) in [6.45, 7) is 1.85. The van der Waals surface area contributed by atoms with Crippen LogP contribution >= 0.6 is 0 Å². The van der Waals surface area contributed by atoms with Gasteiger partial charge in [-0.25, -0.2) is 9.78 Å². The molecule has 0 radical (unpaired) electrons. The lowest BCUT2D eigenvalue weighted by Gasteiger charge is -2.33. The first-order valence-corrected chi connectivity index (χ1v) is 10.9. The number of nitrogens with zero attached hydrogens (tertiary/aromatic N) is 3. The van der Waals surface area contributed by atoms with Gasteiger partial charge in [-0.15, -0.1) is 4.40 Å². The molecule has 158 valence electrons. The van der Waals surface area contributed by atoms with E-state index in [0.717, 1.165) is 19.4 Å². The number of pyridine rings is 1. The summed E-state index contributed by atoms with van der Waals surface area (Å²) in [5, 5.41) is 9.16. The highest BCUT2D eigenvalue weighted by atomic mass is 32.2. The van der Waals surface area contributed by atoms with Gasteiger partial charge in [0.25, 0.3) is 0 Å². The molecule has 2 aromatic rings. The van der Waals surface area contributed by atoms with Gasteiger partial charge in [0.15, 0.2) is 11.5 Å². The van der Waals surface area contributed by atoms with Crippen molar-refractivity contribution in [3.8, 4) is 5.75 Å². The Labute approximate surface area is 173 Å². The Morgan fingerprint density at radius 2 is 2.10 bits per heavy atom. The lowest BCUT2D eigenvalue weighted by Crippen LogP contribution is -2.38. The fourth-order valence-corrected chi connectivity index (χ4v) is 4.52. The number of nitrogens with two attached hydrogens (primary N) is 1. The lowest BCUT2D eigenvalue weighted by molar-refractivity contribution is 0.0690. The molecule has 10 nitrogen and oxygen atoms in total. The molecule has 2 aliphatic heterocycles. The van der Waals surface area contributed by atoms with E-state index in [1.807, 2.05) is 4.90 Å². The Kier molecular flexibility index (Phi) is 5.20. The third-order valence-electron chi connectivity index (χ3n) is 5.01. The molecule has 0 bridgehead atoms. The summed E-state index contributed by atoms with van der Waals surface area (Å²) >= 11 is 0. The van der Waals surface area contributed by atoms with E-state index in [9.17, 15) is 13.2 Å². The van der Waals surface area contributed by atoms with Crippen LogP contribution in [0.5, 0.6) is 5.75 Å². The maximum Gasteiger partial charge on any atom is 0.354 e. The number of amidine groups is 1. The van der Waals surface area contributed by atoms with Crippen molar-refractivity contribution in [3.05, 3.63) is 47.7 Å². The minimum absolute atomic E-state index is 0.0130. The zero-order chi connectivity index (χ0) is 21.3. The van der Waals surface area contributed by atoms with E-state index >= 15 is 0 Å². The fourth-order valence-electron chi connectivity index (χ4n) is 3.67. The number of nitrogens with one attached hydrogen (secondary N) is 1. The Hall–Kier alpha value is -3.34. The molecular weight excluding hydrogens is 410 g/mol. The monoisotopic (exact) mass is 431 g/mol. The van der Waals surface area contributed by atoms with Gasteiger partial charge in [0.2, 0.25) is 0 Å². The number of fused-ring (bicyclic) bond motifs is 1. The summed E-state index contributed by atoms with van der Waals surface area (Å²) in [5.74, 6) is 0.0989. The number of piperidine rings is 1. The molecule has 1 atom stereocenters. The van der Waals surface area contributed by atoms with Crippen LogP contribution in [0.15, 0.2) is 40.8 Å².